The molecule has 1 heterocycles. The zero-order chi connectivity index (χ0) is 16.2. The number of rotatable bonds is 3. The van der Waals surface area contributed by atoms with E-state index in [1.54, 1.807) is 6.07 Å². The molecule has 4 heteroatoms. The third kappa shape index (κ3) is 3.63. The molecule has 1 aliphatic heterocycles. The summed E-state index contributed by atoms with van der Waals surface area (Å²) >= 11 is 0. The summed E-state index contributed by atoms with van der Waals surface area (Å²) in [6.45, 7) is 5.15. The molecule has 0 amide bonds. The molecule has 0 aromatic heterocycles. The van der Waals surface area contributed by atoms with Crippen LogP contribution < -0.4 is 0 Å². The maximum atomic E-state index is 13.8. The van der Waals surface area contributed by atoms with Crippen LogP contribution in [0, 0.1) is 29.0 Å². The summed E-state index contributed by atoms with van der Waals surface area (Å²) in [6.07, 6.45) is 5.83. The van der Waals surface area contributed by atoms with Crippen molar-refractivity contribution in [2.75, 3.05) is 13.2 Å². The molecule has 0 unspecified atom stereocenters. The van der Waals surface area contributed by atoms with Crippen LogP contribution in [0.3, 0.4) is 0 Å². The second-order valence-electron chi connectivity index (χ2n) is 6.49. The third-order valence-electron chi connectivity index (χ3n) is 5.02. The Morgan fingerprint density at radius 1 is 1.17 bits per heavy atom. The first-order valence-corrected chi connectivity index (χ1v) is 8.26. The van der Waals surface area contributed by atoms with E-state index in [1.165, 1.54) is 6.07 Å². The van der Waals surface area contributed by atoms with Crippen molar-refractivity contribution in [3.05, 3.63) is 47.8 Å². The van der Waals surface area contributed by atoms with Crippen molar-refractivity contribution in [3.8, 4) is 6.07 Å². The second kappa shape index (κ2) is 7.25. The highest BCUT2D eigenvalue weighted by atomic mass is 19.1. The van der Waals surface area contributed by atoms with E-state index in [-0.39, 0.29) is 11.9 Å². The predicted molar refractivity (Wildman–Crippen MR) is 85.2 cm³/mol. The van der Waals surface area contributed by atoms with Gasteiger partial charge in [-0.2, -0.15) is 5.26 Å². The fraction of sp³-hybridized carbons (Fsp3) is 0.526. The first-order valence-electron chi connectivity index (χ1n) is 8.26. The molecule has 23 heavy (non-hydrogen) atoms. The molecule has 0 bridgehead atoms. The van der Waals surface area contributed by atoms with Crippen LogP contribution in [0.1, 0.15) is 42.7 Å². The molecular weight excluding hydrogens is 293 g/mol. The Bertz CT molecular complexity index is 594. The van der Waals surface area contributed by atoms with Gasteiger partial charge in [0.25, 0.3) is 0 Å². The summed E-state index contributed by atoms with van der Waals surface area (Å²) in [5, 5.41) is 8.81. The summed E-state index contributed by atoms with van der Waals surface area (Å²) in [7, 11) is 0. The van der Waals surface area contributed by atoms with Crippen LogP contribution in [-0.4, -0.2) is 19.5 Å². The van der Waals surface area contributed by atoms with Gasteiger partial charge in [0.2, 0.25) is 0 Å². The number of nitrogens with zero attached hydrogens (tertiary/aromatic N) is 1. The van der Waals surface area contributed by atoms with Gasteiger partial charge < -0.3 is 9.47 Å². The van der Waals surface area contributed by atoms with Crippen LogP contribution in [0.2, 0.25) is 0 Å². The molecule has 3 rings (SSSR count). The van der Waals surface area contributed by atoms with Crippen molar-refractivity contribution < 1.29 is 13.9 Å². The van der Waals surface area contributed by atoms with E-state index in [0.29, 0.717) is 31.0 Å². The zero-order valence-corrected chi connectivity index (χ0v) is 13.2. The van der Waals surface area contributed by atoms with Gasteiger partial charge >= 0.3 is 0 Å². The number of halogens is 1. The third-order valence-corrected chi connectivity index (χ3v) is 5.02. The van der Waals surface area contributed by atoms with Gasteiger partial charge in [-0.25, -0.2) is 4.39 Å². The second-order valence-corrected chi connectivity index (χ2v) is 6.49. The lowest BCUT2D eigenvalue weighted by Crippen LogP contribution is -2.37. The molecule has 1 aliphatic carbocycles. The van der Waals surface area contributed by atoms with Crippen molar-refractivity contribution in [3.63, 3.8) is 0 Å². The van der Waals surface area contributed by atoms with E-state index in [4.69, 9.17) is 14.7 Å². The molecule has 122 valence electrons. The Labute approximate surface area is 136 Å². The van der Waals surface area contributed by atoms with Crippen LogP contribution in [0.25, 0.3) is 0 Å². The van der Waals surface area contributed by atoms with E-state index in [0.717, 1.165) is 31.2 Å². The largest absolute Gasteiger partial charge is 0.352 e. The van der Waals surface area contributed by atoms with E-state index in [9.17, 15) is 4.39 Å². The van der Waals surface area contributed by atoms with E-state index < -0.39 is 5.82 Å². The van der Waals surface area contributed by atoms with E-state index in [1.807, 2.05) is 18.2 Å². The summed E-state index contributed by atoms with van der Waals surface area (Å²) in [5.74, 6) is 0.656. The lowest BCUT2D eigenvalue weighted by Gasteiger charge is -2.37. The molecule has 2 fully saturated rings. The average molecular weight is 315 g/mol. The maximum absolute atomic E-state index is 13.8. The number of ether oxygens (including phenoxy) is 2. The van der Waals surface area contributed by atoms with Crippen molar-refractivity contribution in [2.24, 2.45) is 11.8 Å². The topological polar surface area (TPSA) is 42.2 Å². The lowest BCUT2D eigenvalue weighted by atomic mass is 9.78. The maximum Gasteiger partial charge on any atom is 0.160 e. The average Bonchev–Trinajstić information content (AvgIpc) is 2.62. The highest BCUT2D eigenvalue weighted by Crippen LogP contribution is 2.39. The minimum absolute atomic E-state index is 0.107. The smallest absolute Gasteiger partial charge is 0.160 e. The van der Waals surface area contributed by atoms with Gasteiger partial charge in [0.15, 0.2) is 6.29 Å². The SMILES string of the molecule is C=C[C@H]1CO[C@H]([C@H]2CC[C@H](c3ccc(C#N)c(F)c3)CC2)OC1. The zero-order valence-electron chi connectivity index (χ0n) is 13.2. The first kappa shape index (κ1) is 16.2. The van der Waals surface area contributed by atoms with Crippen molar-refractivity contribution >= 4 is 0 Å². The number of benzene rings is 1. The van der Waals surface area contributed by atoms with E-state index >= 15 is 0 Å². The Hall–Kier alpha value is -1.70. The van der Waals surface area contributed by atoms with Gasteiger partial charge in [-0.3, -0.25) is 0 Å². The van der Waals surface area contributed by atoms with Crippen molar-refractivity contribution in [1.82, 2.24) is 0 Å². The van der Waals surface area contributed by atoms with Gasteiger partial charge in [-0.05, 0) is 49.3 Å². The van der Waals surface area contributed by atoms with Crippen molar-refractivity contribution in [1.29, 1.82) is 5.26 Å². The summed E-state index contributed by atoms with van der Waals surface area (Å²) < 4.78 is 25.4. The quantitative estimate of drug-likeness (QED) is 0.787. The molecule has 2 aliphatic rings. The normalized spacial score (nSPS) is 31.3. The number of nitriles is 1. The molecular formula is C19H22FNO2. The van der Waals surface area contributed by atoms with Crippen LogP contribution in [-0.2, 0) is 9.47 Å². The Morgan fingerprint density at radius 3 is 2.43 bits per heavy atom. The lowest BCUT2D eigenvalue weighted by molar-refractivity contribution is -0.222. The molecule has 0 atom stereocenters. The van der Waals surface area contributed by atoms with E-state index in [2.05, 4.69) is 6.58 Å². The molecule has 1 aromatic carbocycles. The molecule has 1 aromatic rings. The standard InChI is InChI=1S/C19H22FNO2/c1-2-13-11-22-19(23-12-13)15-5-3-14(4-6-15)16-7-8-17(10-21)18(20)9-16/h2,7-9,13-15,19H,1,3-6,11-12H2/t13-,14-,15-,19-. The Balaban J connectivity index is 1.55. The molecule has 1 saturated carbocycles. The Morgan fingerprint density at radius 2 is 1.87 bits per heavy atom. The van der Waals surface area contributed by atoms with Crippen LogP contribution in [0.15, 0.2) is 30.9 Å². The van der Waals surface area contributed by atoms with Gasteiger partial charge in [-0.1, -0.05) is 12.1 Å². The van der Waals surface area contributed by atoms with Gasteiger partial charge in [0.1, 0.15) is 11.9 Å². The van der Waals surface area contributed by atoms with Crippen LogP contribution in [0.4, 0.5) is 4.39 Å². The van der Waals surface area contributed by atoms with Crippen LogP contribution in [0.5, 0.6) is 0 Å². The predicted octanol–water partition coefficient (Wildman–Crippen LogP) is 4.15. The highest BCUT2D eigenvalue weighted by Gasteiger charge is 2.32. The van der Waals surface area contributed by atoms with Crippen LogP contribution >= 0.6 is 0 Å². The highest BCUT2D eigenvalue weighted by molar-refractivity contribution is 5.34. The van der Waals surface area contributed by atoms with Crippen molar-refractivity contribution in [2.45, 2.75) is 37.9 Å². The van der Waals surface area contributed by atoms with Gasteiger partial charge in [0, 0.05) is 11.8 Å². The Kier molecular flexibility index (Phi) is 5.09. The summed E-state index contributed by atoms with van der Waals surface area (Å²) in [6, 6.07) is 6.86. The molecule has 0 radical (unpaired) electrons. The summed E-state index contributed by atoms with van der Waals surface area (Å²) in [4.78, 5) is 0. The minimum Gasteiger partial charge on any atom is -0.352 e. The van der Waals surface area contributed by atoms with Gasteiger partial charge in [-0.15, -0.1) is 6.58 Å². The molecule has 1 saturated heterocycles. The molecule has 0 N–H and O–H groups in total. The first-order chi connectivity index (χ1) is 11.2. The number of hydrogen-bond donors (Lipinski definition) is 0. The fourth-order valence-electron chi connectivity index (χ4n) is 3.54. The van der Waals surface area contributed by atoms with Gasteiger partial charge in [0.05, 0.1) is 18.8 Å². The minimum atomic E-state index is -0.415. The monoisotopic (exact) mass is 315 g/mol. The summed E-state index contributed by atoms with van der Waals surface area (Å²) in [5.41, 5.74) is 1.11. The fourth-order valence-corrected chi connectivity index (χ4v) is 3.54. The number of hydrogen-bond acceptors (Lipinski definition) is 3. The molecule has 3 nitrogen and oxygen atoms in total. The molecule has 0 spiro atoms.